The Hall–Kier alpha value is -3.14. The van der Waals surface area contributed by atoms with Gasteiger partial charge in [0, 0.05) is 0 Å². The molecule has 0 radical (unpaired) electrons. The third-order valence-corrected chi connectivity index (χ3v) is 3.62. The minimum absolute atomic E-state index is 0.159. The first-order valence-corrected chi connectivity index (χ1v) is 8.24. The number of rotatable bonds is 7. The molecule has 2 aromatic carbocycles. The minimum Gasteiger partial charge on any atom is -0.458 e. The standard InChI is InChI=1S/C22H22O4/c1-5-7-25-21(23)19-11-15(3)9-17(13-19)18-10-16(4)12-20(14-18)22(24)26-8-6-2/h5-6,9-14H,1-2,7-8H2,3-4H3. The smallest absolute Gasteiger partial charge is 0.338 e. The van der Waals surface area contributed by atoms with Crippen LogP contribution in [0, 0.1) is 13.8 Å². The van der Waals surface area contributed by atoms with E-state index in [2.05, 4.69) is 13.2 Å². The fourth-order valence-corrected chi connectivity index (χ4v) is 2.57. The maximum absolute atomic E-state index is 12.1. The van der Waals surface area contributed by atoms with Gasteiger partial charge in [-0.1, -0.05) is 37.4 Å². The molecule has 0 saturated heterocycles. The highest BCUT2D eigenvalue weighted by atomic mass is 16.5. The number of carbonyl (C=O) groups excluding carboxylic acids is 2. The monoisotopic (exact) mass is 350 g/mol. The molecule has 0 aromatic heterocycles. The molecular formula is C22H22O4. The summed E-state index contributed by atoms with van der Waals surface area (Å²) in [5.74, 6) is -0.818. The average molecular weight is 350 g/mol. The predicted octanol–water partition coefficient (Wildman–Crippen LogP) is 4.66. The Bertz CT molecular complexity index is 778. The van der Waals surface area contributed by atoms with E-state index >= 15 is 0 Å². The Morgan fingerprint density at radius 1 is 0.769 bits per heavy atom. The number of carbonyl (C=O) groups is 2. The lowest BCUT2D eigenvalue weighted by molar-refractivity contribution is 0.0540. The molecule has 0 spiro atoms. The van der Waals surface area contributed by atoms with Gasteiger partial charge in [0.2, 0.25) is 0 Å². The van der Waals surface area contributed by atoms with Crippen molar-refractivity contribution in [1.82, 2.24) is 0 Å². The summed E-state index contributed by atoms with van der Waals surface area (Å²) in [7, 11) is 0. The van der Waals surface area contributed by atoms with Crippen molar-refractivity contribution in [2.75, 3.05) is 13.2 Å². The normalized spacial score (nSPS) is 10.1. The van der Waals surface area contributed by atoms with Crippen LogP contribution in [-0.2, 0) is 9.47 Å². The van der Waals surface area contributed by atoms with E-state index in [0.29, 0.717) is 11.1 Å². The van der Waals surface area contributed by atoms with Gasteiger partial charge in [0.1, 0.15) is 13.2 Å². The fraction of sp³-hybridized carbons (Fsp3) is 0.182. The van der Waals surface area contributed by atoms with Crippen LogP contribution in [0.2, 0.25) is 0 Å². The van der Waals surface area contributed by atoms with Gasteiger partial charge in [-0.2, -0.15) is 0 Å². The topological polar surface area (TPSA) is 52.6 Å². The molecule has 0 aliphatic carbocycles. The van der Waals surface area contributed by atoms with Crippen LogP contribution in [0.4, 0.5) is 0 Å². The van der Waals surface area contributed by atoms with Crippen molar-refractivity contribution in [3.8, 4) is 11.1 Å². The van der Waals surface area contributed by atoms with Gasteiger partial charge in [-0.05, 0) is 60.4 Å². The molecule has 0 heterocycles. The molecule has 0 aliphatic heterocycles. The molecule has 0 atom stereocenters. The van der Waals surface area contributed by atoms with E-state index in [1.807, 2.05) is 26.0 Å². The Kier molecular flexibility index (Phi) is 6.50. The fourth-order valence-electron chi connectivity index (χ4n) is 2.57. The van der Waals surface area contributed by atoms with Crippen molar-refractivity contribution in [2.45, 2.75) is 13.8 Å². The van der Waals surface area contributed by atoms with Gasteiger partial charge in [-0.15, -0.1) is 0 Å². The van der Waals surface area contributed by atoms with Crippen LogP contribution in [0.3, 0.4) is 0 Å². The van der Waals surface area contributed by atoms with Crippen molar-refractivity contribution >= 4 is 11.9 Å². The molecule has 0 saturated carbocycles. The third kappa shape index (κ3) is 4.93. The maximum atomic E-state index is 12.1. The van der Waals surface area contributed by atoms with Gasteiger partial charge in [-0.3, -0.25) is 0 Å². The van der Waals surface area contributed by atoms with Crippen LogP contribution >= 0.6 is 0 Å². The molecule has 0 bridgehead atoms. The van der Waals surface area contributed by atoms with Crippen LogP contribution in [0.5, 0.6) is 0 Å². The first-order valence-electron chi connectivity index (χ1n) is 8.24. The summed E-state index contributed by atoms with van der Waals surface area (Å²) in [6, 6.07) is 11.0. The molecular weight excluding hydrogens is 328 g/mol. The number of hydrogen-bond donors (Lipinski definition) is 0. The van der Waals surface area contributed by atoms with E-state index in [-0.39, 0.29) is 13.2 Å². The highest BCUT2D eigenvalue weighted by Crippen LogP contribution is 2.25. The van der Waals surface area contributed by atoms with Crippen LogP contribution in [0.25, 0.3) is 11.1 Å². The summed E-state index contributed by atoms with van der Waals surface area (Å²) >= 11 is 0. The largest absolute Gasteiger partial charge is 0.458 e. The van der Waals surface area contributed by atoms with Crippen LogP contribution in [-0.4, -0.2) is 25.2 Å². The number of aryl methyl sites for hydroxylation is 2. The van der Waals surface area contributed by atoms with Gasteiger partial charge in [0.25, 0.3) is 0 Å². The molecule has 134 valence electrons. The van der Waals surface area contributed by atoms with E-state index in [1.54, 1.807) is 24.3 Å². The first kappa shape index (κ1) is 19.2. The predicted molar refractivity (Wildman–Crippen MR) is 102 cm³/mol. The zero-order valence-electron chi connectivity index (χ0n) is 15.1. The Morgan fingerprint density at radius 3 is 1.50 bits per heavy atom. The van der Waals surface area contributed by atoms with E-state index in [9.17, 15) is 9.59 Å². The molecule has 0 amide bonds. The Morgan fingerprint density at radius 2 is 1.15 bits per heavy atom. The molecule has 2 aromatic rings. The van der Waals surface area contributed by atoms with Crippen LogP contribution in [0.15, 0.2) is 61.7 Å². The SMILES string of the molecule is C=CCOC(=O)c1cc(C)cc(-c2cc(C)cc(C(=O)OCC=C)c2)c1. The van der Waals surface area contributed by atoms with E-state index < -0.39 is 11.9 Å². The lowest BCUT2D eigenvalue weighted by Gasteiger charge is -2.10. The highest BCUT2D eigenvalue weighted by molar-refractivity contribution is 5.93. The zero-order chi connectivity index (χ0) is 19.1. The molecule has 4 heteroatoms. The summed E-state index contributed by atoms with van der Waals surface area (Å²) in [6.07, 6.45) is 3.05. The van der Waals surface area contributed by atoms with Crippen molar-refractivity contribution in [3.05, 3.63) is 84.0 Å². The quantitative estimate of drug-likeness (QED) is 0.538. The second-order valence-corrected chi connectivity index (χ2v) is 5.95. The van der Waals surface area contributed by atoms with E-state index in [4.69, 9.17) is 9.47 Å². The summed E-state index contributed by atoms with van der Waals surface area (Å²) in [5.41, 5.74) is 4.42. The van der Waals surface area contributed by atoms with Crippen molar-refractivity contribution < 1.29 is 19.1 Å². The van der Waals surface area contributed by atoms with Crippen LogP contribution in [0.1, 0.15) is 31.8 Å². The number of esters is 2. The zero-order valence-corrected chi connectivity index (χ0v) is 15.1. The molecule has 0 fully saturated rings. The number of benzene rings is 2. The van der Waals surface area contributed by atoms with Crippen LogP contribution < -0.4 is 0 Å². The van der Waals surface area contributed by atoms with Gasteiger partial charge < -0.3 is 9.47 Å². The molecule has 0 aliphatic rings. The second kappa shape index (κ2) is 8.81. The van der Waals surface area contributed by atoms with E-state index in [0.717, 1.165) is 22.3 Å². The summed E-state index contributed by atoms with van der Waals surface area (Å²) < 4.78 is 10.2. The van der Waals surface area contributed by atoms with E-state index in [1.165, 1.54) is 12.2 Å². The average Bonchev–Trinajstić information content (AvgIpc) is 2.63. The third-order valence-electron chi connectivity index (χ3n) is 3.62. The molecule has 0 unspecified atom stereocenters. The number of hydrogen-bond acceptors (Lipinski definition) is 4. The molecule has 4 nitrogen and oxygen atoms in total. The van der Waals surface area contributed by atoms with Gasteiger partial charge >= 0.3 is 11.9 Å². The summed E-state index contributed by atoms with van der Waals surface area (Å²) in [5, 5.41) is 0. The lowest BCUT2D eigenvalue weighted by Crippen LogP contribution is -2.06. The maximum Gasteiger partial charge on any atom is 0.338 e. The van der Waals surface area contributed by atoms with Crippen molar-refractivity contribution in [3.63, 3.8) is 0 Å². The minimum atomic E-state index is -0.409. The van der Waals surface area contributed by atoms with Crippen molar-refractivity contribution in [2.24, 2.45) is 0 Å². The van der Waals surface area contributed by atoms with Gasteiger partial charge in [-0.25, -0.2) is 9.59 Å². The summed E-state index contributed by atoms with van der Waals surface area (Å²) in [4.78, 5) is 24.3. The number of ether oxygens (including phenoxy) is 2. The first-order chi connectivity index (χ1) is 12.4. The molecule has 0 N–H and O–H groups in total. The van der Waals surface area contributed by atoms with Crippen molar-refractivity contribution in [1.29, 1.82) is 0 Å². The highest BCUT2D eigenvalue weighted by Gasteiger charge is 2.13. The van der Waals surface area contributed by atoms with Gasteiger partial charge in [0.05, 0.1) is 11.1 Å². The summed E-state index contributed by atoms with van der Waals surface area (Å²) in [6.45, 7) is 11.2. The Balaban J connectivity index is 2.41. The molecule has 26 heavy (non-hydrogen) atoms. The lowest BCUT2D eigenvalue weighted by atomic mass is 9.97. The van der Waals surface area contributed by atoms with Gasteiger partial charge in [0.15, 0.2) is 0 Å². The molecule has 2 rings (SSSR count). The second-order valence-electron chi connectivity index (χ2n) is 5.95. The Labute approximate surface area is 153 Å².